The molecule has 0 radical (unpaired) electrons. The molecule has 3 amide bonds. The standard InChI is InChI=1S/C40H46F2N6O7/c1-39(2,3)54-37(51)44-16-10-9-13-32(46-38(52)55-40(4,5)6)35(50)53-22-26-18-29(41)30(42)19-27(26)23-14-15-31-28(17-23)33(47-36(43)45-31)34(49)48-20-24-11-7-8-12-25(24)21-48/h7-8,11-12,14-15,17-19,32H,9-10,13,16,20-22H2,1-6H3,(H,44,51)(H,46,52)(H2,43,45,47)/t32-/m0/s1. The number of aromatic nitrogens is 2. The molecule has 292 valence electrons. The Bertz CT molecular complexity index is 2070. The molecule has 1 atom stereocenters. The number of rotatable bonds is 11. The second-order valence-electron chi connectivity index (χ2n) is 15.2. The highest BCUT2D eigenvalue weighted by Gasteiger charge is 2.29. The van der Waals surface area contributed by atoms with Crippen LogP contribution in [0.25, 0.3) is 22.0 Å². The van der Waals surface area contributed by atoms with Crippen LogP contribution in [-0.2, 0) is 38.7 Å². The predicted molar refractivity (Wildman–Crippen MR) is 200 cm³/mol. The molecule has 0 fully saturated rings. The van der Waals surface area contributed by atoms with E-state index >= 15 is 0 Å². The minimum Gasteiger partial charge on any atom is -0.459 e. The number of hydrogen-bond acceptors (Lipinski definition) is 10. The van der Waals surface area contributed by atoms with Crippen LogP contribution in [-0.4, -0.2) is 62.7 Å². The van der Waals surface area contributed by atoms with E-state index in [1.165, 1.54) is 0 Å². The summed E-state index contributed by atoms with van der Waals surface area (Å²) in [5, 5.41) is 5.51. The van der Waals surface area contributed by atoms with Crippen molar-refractivity contribution >= 4 is 40.9 Å². The normalized spacial score (nSPS) is 13.2. The molecule has 0 saturated carbocycles. The van der Waals surface area contributed by atoms with Gasteiger partial charge in [0, 0.05) is 30.6 Å². The average molecular weight is 761 g/mol. The molecule has 0 saturated heterocycles. The summed E-state index contributed by atoms with van der Waals surface area (Å²) in [7, 11) is 0. The van der Waals surface area contributed by atoms with Gasteiger partial charge in [-0.25, -0.2) is 33.1 Å². The Morgan fingerprint density at radius 3 is 2.15 bits per heavy atom. The number of hydrogen-bond donors (Lipinski definition) is 3. The number of nitrogens with one attached hydrogen (secondary N) is 2. The summed E-state index contributed by atoms with van der Waals surface area (Å²) < 4.78 is 45.7. The van der Waals surface area contributed by atoms with Gasteiger partial charge in [0.25, 0.3) is 5.91 Å². The molecule has 0 unspecified atom stereocenters. The van der Waals surface area contributed by atoms with E-state index < -0.39 is 53.6 Å². The molecule has 1 aromatic heterocycles. The predicted octanol–water partition coefficient (Wildman–Crippen LogP) is 6.94. The molecule has 1 aliphatic heterocycles. The van der Waals surface area contributed by atoms with E-state index in [2.05, 4.69) is 20.6 Å². The third-order valence-corrected chi connectivity index (χ3v) is 8.43. The summed E-state index contributed by atoms with van der Waals surface area (Å²) in [6, 6.07) is 13.2. The van der Waals surface area contributed by atoms with E-state index in [0.717, 1.165) is 23.3 Å². The number of esters is 1. The topological polar surface area (TPSA) is 175 Å². The number of alkyl carbamates (subject to hydrolysis) is 2. The van der Waals surface area contributed by atoms with E-state index in [1.54, 1.807) is 64.6 Å². The van der Waals surface area contributed by atoms with E-state index in [0.29, 0.717) is 42.4 Å². The van der Waals surface area contributed by atoms with Gasteiger partial charge in [0.15, 0.2) is 11.6 Å². The number of nitrogen functional groups attached to an aromatic ring is 1. The van der Waals surface area contributed by atoms with Crippen molar-refractivity contribution in [1.29, 1.82) is 0 Å². The summed E-state index contributed by atoms with van der Waals surface area (Å²) in [6.45, 7) is 10.8. The van der Waals surface area contributed by atoms with E-state index in [9.17, 15) is 28.0 Å². The summed E-state index contributed by atoms with van der Waals surface area (Å²) in [5.41, 5.74) is 7.59. The van der Waals surface area contributed by atoms with Crippen LogP contribution in [0.4, 0.5) is 24.3 Å². The highest BCUT2D eigenvalue weighted by molar-refractivity contribution is 6.06. The Kier molecular flexibility index (Phi) is 12.2. The number of amides is 3. The number of fused-ring (bicyclic) bond motifs is 2. The summed E-state index contributed by atoms with van der Waals surface area (Å²) in [5.74, 6) is -3.64. The van der Waals surface area contributed by atoms with Crippen LogP contribution in [0.3, 0.4) is 0 Å². The number of anilines is 1. The smallest absolute Gasteiger partial charge is 0.408 e. The zero-order chi connectivity index (χ0) is 40.1. The Labute approximate surface area is 317 Å². The van der Waals surface area contributed by atoms with Crippen molar-refractivity contribution < 1.29 is 42.2 Å². The monoisotopic (exact) mass is 760 g/mol. The van der Waals surface area contributed by atoms with Crippen molar-refractivity contribution in [2.75, 3.05) is 12.3 Å². The molecule has 0 spiro atoms. The van der Waals surface area contributed by atoms with Gasteiger partial charge in [-0.05, 0) is 107 Å². The number of ether oxygens (including phenoxy) is 3. The lowest BCUT2D eigenvalue weighted by atomic mass is 9.97. The third kappa shape index (κ3) is 10.9. The quantitative estimate of drug-likeness (QED) is 0.0825. The summed E-state index contributed by atoms with van der Waals surface area (Å²) in [4.78, 5) is 62.2. The van der Waals surface area contributed by atoms with Gasteiger partial charge >= 0.3 is 18.2 Å². The van der Waals surface area contributed by atoms with E-state index in [4.69, 9.17) is 19.9 Å². The van der Waals surface area contributed by atoms with Crippen molar-refractivity contribution in [3.8, 4) is 11.1 Å². The molecule has 4 N–H and O–H groups in total. The lowest BCUT2D eigenvalue weighted by Crippen LogP contribution is -2.44. The molecule has 55 heavy (non-hydrogen) atoms. The zero-order valence-corrected chi connectivity index (χ0v) is 31.8. The van der Waals surface area contributed by atoms with Gasteiger partial charge in [0.1, 0.15) is 29.5 Å². The Balaban J connectivity index is 1.35. The largest absolute Gasteiger partial charge is 0.459 e. The molecule has 0 bridgehead atoms. The van der Waals surface area contributed by atoms with Crippen LogP contribution in [0.15, 0.2) is 54.6 Å². The molecule has 1 aliphatic rings. The van der Waals surface area contributed by atoms with Gasteiger partial charge in [-0.15, -0.1) is 0 Å². The van der Waals surface area contributed by atoms with Crippen LogP contribution >= 0.6 is 0 Å². The minimum absolute atomic E-state index is 0.0464. The van der Waals surface area contributed by atoms with Crippen LogP contribution in [0.1, 0.15) is 88.0 Å². The van der Waals surface area contributed by atoms with Crippen molar-refractivity contribution in [1.82, 2.24) is 25.5 Å². The second-order valence-corrected chi connectivity index (χ2v) is 15.2. The average Bonchev–Trinajstić information content (AvgIpc) is 3.53. The zero-order valence-electron chi connectivity index (χ0n) is 31.8. The van der Waals surface area contributed by atoms with Gasteiger partial charge in [-0.1, -0.05) is 30.3 Å². The van der Waals surface area contributed by atoms with Gasteiger partial charge in [-0.2, -0.15) is 0 Å². The van der Waals surface area contributed by atoms with Gasteiger partial charge in [-0.3, -0.25) is 4.79 Å². The number of benzene rings is 3. The van der Waals surface area contributed by atoms with Gasteiger partial charge in [0.2, 0.25) is 5.95 Å². The highest BCUT2D eigenvalue weighted by Crippen LogP contribution is 2.32. The van der Waals surface area contributed by atoms with Crippen LogP contribution in [0.2, 0.25) is 0 Å². The number of carbonyl (C=O) groups excluding carboxylic acids is 4. The molecular formula is C40H46F2N6O7. The third-order valence-electron chi connectivity index (χ3n) is 8.43. The molecule has 2 heterocycles. The first-order valence-corrected chi connectivity index (χ1v) is 17.9. The number of nitrogens with zero attached hydrogens (tertiary/aromatic N) is 3. The van der Waals surface area contributed by atoms with E-state index in [-0.39, 0.29) is 41.6 Å². The van der Waals surface area contributed by atoms with Crippen molar-refractivity contribution in [2.45, 2.75) is 97.7 Å². The van der Waals surface area contributed by atoms with Gasteiger partial charge in [0.05, 0.1) is 5.52 Å². The lowest BCUT2D eigenvalue weighted by Gasteiger charge is -2.23. The molecule has 4 aromatic rings. The Hall–Kier alpha value is -5.86. The van der Waals surface area contributed by atoms with Crippen molar-refractivity contribution in [2.24, 2.45) is 0 Å². The first-order valence-electron chi connectivity index (χ1n) is 17.9. The molecule has 5 rings (SSSR count). The lowest BCUT2D eigenvalue weighted by molar-refractivity contribution is -0.147. The van der Waals surface area contributed by atoms with Gasteiger partial charge < -0.3 is 35.5 Å². The molecule has 3 aromatic carbocycles. The fourth-order valence-corrected chi connectivity index (χ4v) is 6.01. The van der Waals surface area contributed by atoms with Crippen molar-refractivity contribution in [3.63, 3.8) is 0 Å². The Morgan fingerprint density at radius 2 is 1.49 bits per heavy atom. The minimum atomic E-state index is -1.17. The van der Waals surface area contributed by atoms with Crippen LogP contribution < -0.4 is 16.4 Å². The SMILES string of the molecule is CC(C)(C)OC(=O)NCCCC[C@H](NC(=O)OC(C)(C)C)C(=O)OCc1cc(F)c(F)cc1-c1ccc2nc(N)nc(C(=O)N3Cc4ccccc4C3)c2c1. The number of halogens is 2. The number of carbonyl (C=O) groups is 4. The fraction of sp³-hybridized carbons (Fsp3) is 0.400. The van der Waals surface area contributed by atoms with Crippen molar-refractivity contribution in [3.05, 3.63) is 88.6 Å². The number of nitrogens with two attached hydrogens (primary N) is 1. The summed E-state index contributed by atoms with van der Waals surface area (Å²) >= 11 is 0. The highest BCUT2D eigenvalue weighted by atomic mass is 19.2. The first-order chi connectivity index (χ1) is 25.9. The van der Waals surface area contributed by atoms with Crippen LogP contribution in [0, 0.1) is 11.6 Å². The fourth-order valence-electron chi connectivity index (χ4n) is 6.01. The summed E-state index contributed by atoms with van der Waals surface area (Å²) in [6.07, 6.45) is -0.488. The molecular weight excluding hydrogens is 714 g/mol. The molecule has 0 aliphatic carbocycles. The maximum atomic E-state index is 14.8. The van der Waals surface area contributed by atoms with Crippen LogP contribution in [0.5, 0.6) is 0 Å². The molecule has 13 nitrogen and oxygen atoms in total. The number of unbranched alkanes of at least 4 members (excludes halogenated alkanes) is 1. The maximum Gasteiger partial charge on any atom is 0.408 e. The maximum absolute atomic E-state index is 14.8. The Morgan fingerprint density at radius 1 is 0.855 bits per heavy atom. The second kappa shape index (κ2) is 16.7. The van der Waals surface area contributed by atoms with E-state index in [1.807, 2.05) is 24.3 Å². The first kappa shape index (κ1) is 40.3. The molecule has 15 heteroatoms.